The summed E-state index contributed by atoms with van der Waals surface area (Å²) in [5.41, 5.74) is 7.57. The Hall–Kier alpha value is 0.690. The molecular weight excluding hydrogens is 561 g/mol. The molecule has 2 N–H and O–H groups in total. The highest BCUT2D eigenvalue weighted by atomic mass is 127. The standard InChI is InChI=1S/C35H73N.HI/c1-5-9-13-17-21-23-27-31-34(30-26-22-18-14-10-6-2)35(36,32-28-24-19-15-11-7-3)33-29-25-20-16-12-8-4;/h34H,5-33,36H2,1-4H3;1H. The molecule has 0 spiro atoms. The first-order valence-electron chi connectivity index (χ1n) is 17.4. The van der Waals surface area contributed by atoms with Crippen LogP contribution in [0.3, 0.4) is 0 Å². The summed E-state index contributed by atoms with van der Waals surface area (Å²) in [5, 5.41) is 0. The van der Waals surface area contributed by atoms with Crippen LogP contribution in [0.25, 0.3) is 0 Å². The van der Waals surface area contributed by atoms with E-state index in [9.17, 15) is 0 Å². The van der Waals surface area contributed by atoms with Gasteiger partial charge in [0.05, 0.1) is 0 Å². The van der Waals surface area contributed by atoms with Gasteiger partial charge in [0.25, 0.3) is 0 Å². The van der Waals surface area contributed by atoms with Crippen molar-refractivity contribution in [2.24, 2.45) is 11.7 Å². The smallest absolute Gasteiger partial charge is 0.0182 e. The minimum absolute atomic E-state index is 0. The second-order valence-corrected chi connectivity index (χ2v) is 12.4. The molecule has 1 unspecified atom stereocenters. The summed E-state index contributed by atoms with van der Waals surface area (Å²) < 4.78 is 0. The van der Waals surface area contributed by atoms with Gasteiger partial charge in [0.2, 0.25) is 0 Å². The minimum atomic E-state index is 0. The molecule has 0 aliphatic heterocycles. The predicted octanol–water partition coefficient (Wildman–Crippen LogP) is 13.3. The molecule has 1 nitrogen and oxygen atoms in total. The monoisotopic (exact) mass is 635 g/mol. The minimum Gasteiger partial charge on any atom is -0.325 e. The van der Waals surface area contributed by atoms with E-state index < -0.39 is 0 Å². The molecule has 0 rings (SSSR count). The van der Waals surface area contributed by atoms with Gasteiger partial charge in [0, 0.05) is 5.54 Å². The normalized spacial score (nSPS) is 12.6. The maximum absolute atomic E-state index is 7.47. The number of rotatable bonds is 30. The van der Waals surface area contributed by atoms with Crippen molar-refractivity contribution in [3.63, 3.8) is 0 Å². The summed E-state index contributed by atoms with van der Waals surface area (Å²) in [6.45, 7) is 9.29. The predicted molar refractivity (Wildman–Crippen MR) is 182 cm³/mol. The molecule has 0 aliphatic rings. The molecule has 0 aromatic carbocycles. The first-order chi connectivity index (χ1) is 17.6. The lowest BCUT2D eigenvalue weighted by Gasteiger charge is -2.39. The Kier molecular flexibility index (Phi) is 33.6. The maximum atomic E-state index is 7.47. The molecule has 1 atom stereocenters. The van der Waals surface area contributed by atoms with Crippen LogP contribution in [0.2, 0.25) is 0 Å². The van der Waals surface area contributed by atoms with Gasteiger partial charge in [0.15, 0.2) is 0 Å². The Labute approximate surface area is 254 Å². The van der Waals surface area contributed by atoms with Crippen LogP contribution in [0.5, 0.6) is 0 Å². The van der Waals surface area contributed by atoms with Crippen LogP contribution >= 0.6 is 24.0 Å². The molecular formula is C35H74IN. The van der Waals surface area contributed by atoms with Gasteiger partial charge in [-0.3, -0.25) is 0 Å². The summed E-state index contributed by atoms with van der Waals surface area (Å²) in [5.74, 6) is 0.755. The summed E-state index contributed by atoms with van der Waals surface area (Å²) in [7, 11) is 0. The number of halogens is 1. The molecule has 0 aromatic heterocycles. The van der Waals surface area contributed by atoms with Crippen molar-refractivity contribution < 1.29 is 0 Å². The molecule has 37 heavy (non-hydrogen) atoms. The van der Waals surface area contributed by atoms with Crippen LogP contribution in [0.4, 0.5) is 0 Å². The van der Waals surface area contributed by atoms with Crippen LogP contribution in [0.1, 0.15) is 214 Å². The first-order valence-corrected chi connectivity index (χ1v) is 17.4. The van der Waals surface area contributed by atoms with E-state index in [0.717, 1.165) is 5.92 Å². The van der Waals surface area contributed by atoms with Crippen LogP contribution < -0.4 is 5.73 Å². The Morgan fingerprint density at radius 3 is 0.919 bits per heavy atom. The highest BCUT2D eigenvalue weighted by Crippen LogP contribution is 2.35. The Morgan fingerprint density at radius 1 is 0.378 bits per heavy atom. The zero-order chi connectivity index (χ0) is 26.6. The van der Waals surface area contributed by atoms with Crippen molar-refractivity contribution in [3.8, 4) is 0 Å². The Balaban J connectivity index is 0. The fraction of sp³-hybridized carbons (Fsp3) is 1.00. The highest BCUT2D eigenvalue weighted by Gasteiger charge is 2.33. The lowest BCUT2D eigenvalue weighted by molar-refractivity contribution is 0.189. The number of hydrogen-bond donors (Lipinski definition) is 1. The molecule has 0 radical (unpaired) electrons. The maximum Gasteiger partial charge on any atom is 0.0182 e. The summed E-state index contributed by atoms with van der Waals surface area (Å²) in [4.78, 5) is 0. The third-order valence-electron chi connectivity index (χ3n) is 8.87. The molecule has 0 aromatic rings. The zero-order valence-electron chi connectivity index (χ0n) is 26.6. The van der Waals surface area contributed by atoms with E-state index >= 15 is 0 Å². The average molecular weight is 636 g/mol. The zero-order valence-corrected chi connectivity index (χ0v) is 28.9. The SMILES string of the molecule is CCCCCCCCCC(CCCCCCCC)C(N)(CCCCCCCC)CCCCCCCC.I. The van der Waals surface area contributed by atoms with E-state index in [0.29, 0.717) is 0 Å². The number of unbranched alkanes of at least 4 members (excludes halogenated alkanes) is 21. The third-order valence-corrected chi connectivity index (χ3v) is 8.87. The number of hydrogen-bond acceptors (Lipinski definition) is 1. The van der Waals surface area contributed by atoms with Crippen molar-refractivity contribution in [3.05, 3.63) is 0 Å². The Morgan fingerprint density at radius 2 is 0.622 bits per heavy atom. The van der Waals surface area contributed by atoms with Gasteiger partial charge in [0.1, 0.15) is 0 Å². The lowest BCUT2D eigenvalue weighted by Crippen LogP contribution is -2.47. The van der Waals surface area contributed by atoms with Gasteiger partial charge in [-0.05, 0) is 31.6 Å². The van der Waals surface area contributed by atoms with Crippen molar-refractivity contribution >= 4 is 24.0 Å². The van der Waals surface area contributed by atoms with Crippen molar-refractivity contribution in [1.82, 2.24) is 0 Å². The summed E-state index contributed by atoms with van der Waals surface area (Å²) >= 11 is 0. The molecule has 0 bridgehead atoms. The van der Waals surface area contributed by atoms with Gasteiger partial charge in [-0.15, -0.1) is 24.0 Å². The molecule has 0 saturated carbocycles. The van der Waals surface area contributed by atoms with Gasteiger partial charge in [-0.2, -0.15) is 0 Å². The molecule has 0 saturated heterocycles. The van der Waals surface area contributed by atoms with E-state index in [4.69, 9.17) is 5.73 Å². The fourth-order valence-electron chi connectivity index (χ4n) is 6.24. The van der Waals surface area contributed by atoms with E-state index in [1.807, 2.05) is 0 Å². The molecule has 0 fully saturated rings. The van der Waals surface area contributed by atoms with Gasteiger partial charge in [-0.1, -0.05) is 188 Å². The quantitative estimate of drug-likeness (QED) is 0.0617. The Bertz CT molecular complexity index is 394. The van der Waals surface area contributed by atoms with Crippen LogP contribution in [-0.2, 0) is 0 Å². The van der Waals surface area contributed by atoms with Crippen molar-refractivity contribution in [2.75, 3.05) is 0 Å². The highest BCUT2D eigenvalue weighted by molar-refractivity contribution is 14.0. The third kappa shape index (κ3) is 25.4. The van der Waals surface area contributed by atoms with Gasteiger partial charge < -0.3 is 5.73 Å². The van der Waals surface area contributed by atoms with Crippen LogP contribution in [0.15, 0.2) is 0 Å². The van der Waals surface area contributed by atoms with E-state index in [-0.39, 0.29) is 29.5 Å². The van der Waals surface area contributed by atoms with Crippen LogP contribution in [0, 0.1) is 5.92 Å². The summed E-state index contributed by atoms with van der Waals surface area (Å²) in [6.07, 6.45) is 40.5. The second-order valence-electron chi connectivity index (χ2n) is 12.4. The molecule has 0 amide bonds. The van der Waals surface area contributed by atoms with E-state index in [1.165, 1.54) is 186 Å². The average Bonchev–Trinajstić information content (AvgIpc) is 2.88. The van der Waals surface area contributed by atoms with Crippen molar-refractivity contribution in [1.29, 1.82) is 0 Å². The van der Waals surface area contributed by atoms with Crippen LogP contribution in [-0.4, -0.2) is 5.54 Å². The van der Waals surface area contributed by atoms with Crippen molar-refractivity contribution in [2.45, 2.75) is 219 Å². The largest absolute Gasteiger partial charge is 0.325 e. The lowest BCUT2D eigenvalue weighted by atomic mass is 9.72. The second kappa shape index (κ2) is 31.2. The fourth-order valence-corrected chi connectivity index (χ4v) is 6.24. The molecule has 226 valence electrons. The molecule has 0 aliphatic carbocycles. The van der Waals surface area contributed by atoms with Gasteiger partial charge >= 0.3 is 0 Å². The molecule has 2 heteroatoms. The van der Waals surface area contributed by atoms with E-state index in [2.05, 4.69) is 27.7 Å². The molecule has 0 heterocycles. The topological polar surface area (TPSA) is 26.0 Å². The van der Waals surface area contributed by atoms with E-state index in [1.54, 1.807) is 0 Å². The summed E-state index contributed by atoms with van der Waals surface area (Å²) in [6, 6.07) is 0. The first kappa shape index (κ1) is 39.8. The van der Waals surface area contributed by atoms with Gasteiger partial charge in [-0.25, -0.2) is 0 Å². The number of nitrogens with two attached hydrogens (primary N) is 1.